The van der Waals surface area contributed by atoms with Crippen molar-refractivity contribution in [1.29, 1.82) is 0 Å². The highest BCUT2D eigenvalue weighted by molar-refractivity contribution is 5.53. The van der Waals surface area contributed by atoms with Gasteiger partial charge in [0.05, 0.1) is 0 Å². The minimum atomic E-state index is 0.680. The Morgan fingerprint density at radius 2 is 2.05 bits per heavy atom. The van der Waals surface area contributed by atoms with Gasteiger partial charge < -0.3 is 10.2 Å². The number of nitrogens with zero attached hydrogens (tertiary/aromatic N) is 2. The molecule has 0 bridgehead atoms. The first-order valence-electron chi connectivity index (χ1n) is 7.49. The highest BCUT2D eigenvalue weighted by atomic mass is 15.1. The smallest absolute Gasteiger partial charge is 0.0445 e. The number of hydrogen-bond donors (Lipinski definition) is 1. The largest absolute Gasteiger partial charge is 0.371 e. The number of anilines is 1. The lowest BCUT2D eigenvalue weighted by Crippen LogP contribution is -2.27. The van der Waals surface area contributed by atoms with Crippen LogP contribution in [0.5, 0.6) is 0 Å². The molecule has 0 spiro atoms. The van der Waals surface area contributed by atoms with Gasteiger partial charge in [-0.1, -0.05) is 20.8 Å². The number of aromatic nitrogens is 1. The number of rotatable bonds is 8. The molecule has 1 aromatic rings. The van der Waals surface area contributed by atoms with E-state index in [1.807, 2.05) is 6.20 Å². The monoisotopic (exact) mass is 263 g/mol. The van der Waals surface area contributed by atoms with Gasteiger partial charge in [-0.3, -0.25) is 4.98 Å². The van der Waals surface area contributed by atoms with Crippen molar-refractivity contribution in [3.8, 4) is 0 Å². The predicted octanol–water partition coefficient (Wildman–Crippen LogP) is 3.37. The van der Waals surface area contributed by atoms with Gasteiger partial charge in [0.2, 0.25) is 0 Å². The normalized spacial score (nSPS) is 11.1. The molecule has 3 heteroatoms. The number of nitrogens with one attached hydrogen (secondary N) is 1. The molecular formula is C16H29N3. The second kappa shape index (κ2) is 8.16. The van der Waals surface area contributed by atoms with E-state index in [9.17, 15) is 0 Å². The summed E-state index contributed by atoms with van der Waals surface area (Å²) >= 11 is 0. The molecule has 0 aliphatic rings. The van der Waals surface area contributed by atoms with E-state index in [4.69, 9.17) is 0 Å². The first-order valence-corrected chi connectivity index (χ1v) is 7.49. The molecule has 0 radical (unpaired) electrons. The van der Waals surface area contributed by atoms with Gasteiger partial charge in [-0.05, 0) is 38.8 Å². The maximum absolute atomic E-state index is 4.45. The zero-order chi connectivity index (χ0) is 14.3. The minimum Gasteiger partial charge on any atom is -0.371 e. The van der Waals surface area contributed by atoms with Crippen LogP contribution in [0.4, 0.5) is 5.69 Å². The molecule has 1 rings (SSSR count). The third-order valence-electron chi connectivity index (χ3n) is 3.18. The van der Waals surface area contributed by atoms with Crippen molar-refractivity contribution in [3.63, 3.8) is 0 Å². The summed E-state index contributed by atoms with van der Waals surface area (Å²) in [4.78, 5) is 6.89. The maximum atomic E-state index is 4.45. The Bertz CT molecular complexity index is 374. The van der Waals surface area contributed by atoms with Crippen LogP contribution < -0.4 is 10.2 Å². The van der Waals surface area contributed by atoms with Crippen molar-refractivity contribution in [1.82, 2.24) is 10.3 Å². The summed E-state index contributed by atoms with van der Waals surface area (Å²) in [6, 6.07) is 2.21. The van der Waals surface area contributed by atoms with Gasteiger partial charge in [-0.25, -0.2) is 0 Å². The second-order valence-corrected chi connectivity index (χ2v) is 5.56. The number of pyridine rings is 1. The molecule has 0 aromatic carbocycles. The van der Waals surface area contributed by atoms with Crippen LogP contribution >= 0.6 is 0 Å². The fourth-order valence-corrected chi connectivity index (χ4v) is 2.22. The molecule has 0 atom stereocenters. The van der Waals surface area contributed by atoms with Crippen molar-refractivity contribution in [2.24, 2.45) is 5.92 Å². The van der Waals surface area contributed by atoms with Crippen LogP contribution in [0.1, 0.15) is 45.4 Å². The quantitative estimate of drug-likeness (QED) is 0.779. The SMILES string of the molecule is CCCN(CC)c1cc(C)ncc1CNCC(C)C. The molecule has 1 heterocycles. The summed E-state index contributed by atoms with van der Waals surface area (Å²) in [7, 11) is 0. The minimum absolute atomic E-state index is 0.680. The lowest BCUT2D eigenvalue weighted by molar-refractivity contribution is 0.551. The van der Waals surface area contributed by atoms with Gasteiger partial charge in [-0.15, -0.1) is 0 Å². The Morgan fingerprint density at radius 1 is 1.32 bits per heavy atom. The lowest BCUT2D eigenvalue weighted by Gasteiger charge is -2.25. The second-order valence-electron chi connectivity index (χ2n) is 5.56. The standard InChI is InChI=1S/C16H29N3/c1-6-8-19(7-2)16-9-14(5)18-12-15(16)11-17-10-13(3)4/h9,12-13,17H,6-8,10-11H2,1-5H3. The molecule has 0 aliphatic heterocycles. The average molecular weight is 263 g/mol. The Morgan fingerprint density at radius 3 is 2.63 bits per heavy atom. The first kappa shape index (κ1) is 16.0. The van der Waals surface area contributed by atoms with Crippen molar-refractivity contribution in [3.05, 3.63) is 23.5 Å². The summed E-state index contributed by atoms with van der Waals surface area (Å²) < 4.78 is 0. The molecule has 0 fully saturated rings. The van der Waals surface area contributed by atoms with Crippen molar-refractivity contribution < 1.29 is 0 Å². The summed E-state index contributed by atoms with van der Waals surface area (Å²) in [5.41, 5.74) is 3.74. The van der Waals surface area contributed by atoms with Gasteiger partial charge in [0.25, 0.3) is 0 Å². The summed E-state index contributed by atoms with van der Waals surface area (Å²) in [6.45, 7) is 15.1. The highest BCUT2D eigenvalue weighted by Gasteiger charge is 2.10. The van der Waals surface area contributed by atoms with E-state index in [1.165, 1.54) is 17.7 Å². The molecular weight excluding hydrogens is 234 g/mol. The fourth-order valence-electron chi connectivity index (χ4n) is 2.22. The van der Waals surface area contributed by atoms with Gasteiger partial charge in [-0.2, -0.15) is 0 Å². The van der Waals surface area contributed by atoms with Gasteiger partial charge >= 0.3 is 0 Å². The van der Waals surface area contributed by atoms with Crippen LogP contribution in [-0.4, -0.2) is 24.6 Å². The third kappa shape index (κ3) is 5.19. The molecule has 0 unspecified atom stereocenters. The van der Waals surface area contributed by atoms with Gasteiger partial charge in [0, 0.05) is 42.8 Å². The molecule has 19 heavy (non-hydrogen) atoms. The highest BCUT2D eigenvalue weighted by Crippen LogP contribution is 2.21. The zero-order valence-electron chi connectivity index (χ0n) is 13.2. The van der Waals surface area contributed by atoms with E-state index in [0.29, 0.717) is 5.92 Å². The van der Waals surface area contributed by atoms with Crippen LogP contribution in [0.15, 0.2) is 12.3 Å². The third-order valence-corrected chi connectivity index (χ3v) is 3.18. The molecule has 3 nitrogen and oxygen atoms in total. The van der Waals surface area contributed by atoms with E-state index < -0.39 is 0 Å². The Balaban J connectivity index is 2.83. The topological polar surface area (TPSA) is 28.2 Å². The van der Waals surface area contributed by atoms with Crippen LogP contribution in [0.3, 0.4) is 0 Å². The maximum Gasteiger partial charge on any atom is 0.0445 e. The van der Waals surface area contributed by atoms with Crippen molar-refractivity contribution in [2.75, 3.05) is 24.5 Å². The van der Waals surface area contributed by atoms with E-state index in [2.05, 4.69) is 55.9 Å². The van der Waals surface area contributed by atoms with Gasteiger partial charge in [0.1, 0.15) is 0 Å². The van der Waals surface area contributed by atoms with Crippen molar-refractivity contribution in [2.45, 2.75) is 47.6 Å². The summed E-state index contributed by atoms with van der Waals surface area (Å²) in [6.07, 6.45) is 3.20. The van der Waals surface area contributed by atoms with Gasteiger partial charge in [0.15, 0.2) is 0 Å². The average Bonchev–Trinajstić information content (AvgIpc) is 2.37. The number of aryl methyl sites for hydroxylation is 1. The molecule has 108 valence electrons. The van der Waals surface area contributed by atoms with Crippen molar-refractivity contribution >= 4 is 5.69 Å². The molecule has 0 saturated carbocycles. The van der Waals surface area contributed by atoms with E-state index in [0.717, 1.165) is 31.9 Å². The Labute approximate surface area is 118 Å². The fraction of sp³-hybridized carbons (Fsp3) is 0.688. The Hall–Kier alpha value is -1.09. The summed E-state index contributed by atoms with van der Waals surface area (Å²) in [5.74, 6) is 0.680. The van der Waals surface area contributed by atoms with Crippen LogP contribution in [0.25, 0.3) is 0 Å². The lowest BCUT2D eigenvalue weighted by atomic mass is 10.1. The first-order chi connectivity index (χ1) is 9.08. The molecule has 1 N–H and O–H groups in total. The van der Waals surface area contributed by atoms with Crippen LogP contribution in [0.2, 0.25) is 0 Å². The predicted molar refractivity (Wildman–Crippen MR) is 83.7 cm³/mol. The van der Waals surface area contributed by atoms with E-state index in [1.54, 1.807) is 0 Å². The zero-order valence-corrected chi connectivity index (χ0v) is 13.2. The Kier molecular flexibility index (Phi) is 6.85. The van der Waals surface area contributed by atoms with Crippen LogP contribution in [-0.2, 0) is 6.54 Å². The summed E-state index contributed by atoms with van der Waals surface area (Å²) in [5, 5.41) is 3.52. The molecule has 1 aromatic heterocycles. The molecule has 0 saturated heterocycles. The van der Waals surface area contributed by atoms with E-state index in [-0.39, 0.29) is 0 Å². The van der Waals surface area contributed by atoms with Crippen LogP contribution in [0, 0.1) is 12.8 Å². The molecule has 0 amide bonds. The molecule has 0 aliphatic carbocycles. The number of hydrogen-bond acceptors (Lipinski definition) is 3. The van der Waals surface area contributed by atoms with E-state index >= 15 is 0 Å².